The van der Waals surface area contributed by atoms with Crippen molar-refractivity contribution in [1.82, 2.24) is 15.5 Å². The molecule has 0 heterocycles. The van der Waals surface area contributed by atoms with Gasteiger partial charge in [-0.3, -0.25) is 9.59 Å². The largest absolute Gasteiger partial charge is 0.444 e. The van der Waals surface area contributed by atoms with E-state index in [1.165, 1.54) is 0 Å². The Morgan fingerprint density at radius 3 is 2.31 bits per heavy atom. The summed E-state index contributed by atoms with van der Waals surface area (Å²) in [4.78, 5) is 42.3. The van der Waals surface area contributed by atoms with Crippen LogP contribution in [0.25, 0.3) is 0 Å². The third-order valence-electron chi connectivity index (χ3n) is 6.67. The van der Waals surface area contributed by atoms with Gasteiger partial charge < -0.3 is 20.3 Å². The second-order valence-electron chi connectivity index (χ2n) is 11.2. The molecule has 7 heteroatoms. The molecule has 1 aromatic rings. The third-order valence-corrected chi connectivity index (χ3v) is 6.67. The van der Waals surface area contributed by atoms with Crippen LogP contribution in [-0.2, 0) is 14.3 Å². The number of amides is 3. The smallest absolute Gasteiger partial charge is 0.408 e. The quantitative estimate of drug-likeness (QED) is 0.366. The van der Waals surface area contributed by atoms with Gasteiger partial charge in [-0.2, -0.15) is 0 Å². The number of nitrogens with one attached hydrogen (secondary N) is 2. The van der Waals surface area contributed by atoms with Gasteiger partial charge in [0.2, 0.25) is 11.8 Å². The normalized spacial score (nSPS) is 16.0. The monoisotopic (exact) mass is 501 g/mol. The molecular weight excluding hydrogens is 454 g/mol. The Balaban J connectivity index is 2.45. The van der Waals surface area contributed by atoms with E-state index in [0.29, 0.717) is 13.0 Å². The Bertz CT molecular complexity index is 904. The molecule has 0 aliphatic heterocycles. The first-order chi connectivity index (χ1) is 16.9. The van der Waals surface area contributed by atoms with Gasteiger partial charge in [-0.05, 0) is 70.9 Å². The van der Waals surface area contributed by atoms with Gasteiger partial charge in [0.15, 0.2) is 0 Å². The van der Waals surface area contributed by atoms with Crippen LogP contribution in [0.2, 0.25) is 0 Å². The van der Waals surface area contributed by atoms with Crippen LogP contribution in [0.15, 0.2) is 18.2 Å². The van der Waals surface area contributed by atoms with Gasteiger partial charge in [0.1, 0.15) is 17.7 Å². The minimum absolute atomic E-state index is 0.0309. The van der Waals surface area contributed by atoms with Crippen molar-refractivity contribution in [1.29, 1.82) is 0 Å². The number of nitrogens with zero attached hydrogens (tertiary/aromatic N) is 1. The lowest BCUT2D eigenvalue weighted by Gasteiger charge is -2.36. The van der Waals surface area contributed by atoms with E-state index in [4.69, 9.17) is 4.74 Å². The van der Waals surface area contributed by atoms with Crippen LogP contribution in [-0.4, -0.2) is 47.0 Å². The number of hydrogen-bond acceptors (Lipinski definition) is 4. The van der Waals surface area contributed by atoms with Gasteiger partial charge in [-0.1, -0.05) is 63.8 Å². The summed E-state index contributed by atoms with van der Waals surface area (Å²) in [6, 6.07) is 4.43. The number of carbonyl (C=O) groups excluding carboxylic acids is 3. The molecule has 36 heavy (non-hydrogen) atoms. The van der Waals surface area contributed by atoms with Crippen molar-refractivity contribution in [3.63, 3.8) is 0 Å². The summed E-state index contributed by atoms with van der Waals surface area (Å²) < 4.78 is 5.47. The van der Waals surface area contributed by atoms with E-state index in [1.807, 2.05) is 45.9 Å². The zero-order valence-electron chi connectivity index (χ0n) is 23.6. The SMILES string of the molecule is CCCCCNC(=O)C(c1ccc(C)cc1C)N(C(=O)C(NC(=O)OC(C)(C)C)C(C)CC)C1CC1. The number of benzene rings is 1. The average Bonchev–Trinajstić information content (AvgIpc) is 3.62. The first kappa shape index (κ1) is 29.7. The Morgan fingerprint density at radius 1 is 1.11 bits per heavy atom. The number of hydrogen-bond donors (Lipinski definition) is 2. The van der Waals surface area contributed by atoms with Gasteiger partial charge in [-0.15, -0.1) is 0 Å². The molecule has 0 saturated heterocycles. The molecule has 7 nitrogen and oxygen atoms in total. The van der Waals surface area contributed by atoms with Crippen LogP contribution in [0, 0.1) is 19.8 Å². The highest BCUT2D eigenvalue weighted by Crippen LogP contribution is 2.37. The van der Waals surface area contributed by atoms with Gasteiger partial charge in [0.05, 0.1) is 0 Å². The lowest BCUT2D eigenvalue weighted by molar-refractivity contribution is -0.144. The van der Waals surface area contributed by atoms with Crippen molar-refractivity contribution < 1.29 is 19.1 Å². The fraction of sp³-hybridized carbons (Fsp3) is 0.690. The summed E-state index contributed by atoms with van der Waals surface area (Å²) >= 11 is 0. The van der Waals surface area contributed by atoms with Gasteiger partial charge >= 0.3 is 6.09 Å². The van der Waals surface area contributed by atoms with Crippen molar-refractivity contribution >= 4 is 17.9 Å². The van der Waals surface area contributed by atoms with Crippen LogP contribution in [0.1, 0.15) is 103 Å². The van der Waals surface area contributed by atoms with Crippen molar-refractivity contribution in [2.45, 2.75) is 118 Å². The average molecular weight is 502 g/mol. The van der Waals surface area contributed by atoms with Crippen LogP contribution >= 0.6 is 0 Å². The predicted molar refractivity (Wildman–Crippen MR) is 144 cm³/mol. The lowest BCUT2D eigenvalue weighted by atomic mass is 9.93. The molecule has 202 valence electrons. The van der Waals surface area contributed by atoms with Crippen molar-refractivity contribution in [3.05, 3.63) is 34.9 Å². The minimum Gasteiger partial charge on any atom is -0.444 e. The van der Waals surface area contributed by atoms with E-state index in [1.54, 1.807) is 25.7 Å². The molecule has 2 rings (SSSR count). The summed E-state index contributed by atoms with van der Waals surface area (Å²) in [7, 11) is 0. The summed E-state index contributed by atoms with van der Waals surface area (Å²) in [5.74, 6) is -0.525. The number of aryl methyl sites for hydroxylation is 2. The summed E-state index contributed by atoms with van der Waals surface area (Å²) in [5.41, 5.74) is 2.23. The maximum absolute atomic E-state index is 14.2. The van der Waals surface area contributed by atoms with E-state index >= 15 is 0 Å². The van der Waals surface area contributed by atoms with E-state index < -0.39 is 23.8 Å². The number of unbranched alkanes of at least 4 members (excludes halogenated alkanes) is 2. The minimum atomic E-state index is -0.786. The summed E-state index contributed by atoms with van der Waals surface area (Å²) in [6.45, 7) is 16.0. The Labute approximate surface area is 217 Å². The molecule has 2 N–H and O–H groups in total. The van der Waals surface area contributed by atoms with E-state index in [0.717, 1.165) is 48.8 Å². The number of carbonyl (C=O) groups is 3. The fourth-order valence-corrected chi connectivity index (χ4v) is 4.38. The second kappa shape index (κ2) is 13.1. The van der Waals surface area contributed by atoms with E-state index in [2.05, 4.69) is 17.6 Å². The summed E-state index contributed by atoms with van der Waals surface area (Å²) in [5, 5.41) is 5.92. The van der Waals surface area contributed by atoms with E-state index in [-0.39, 0.29) is 23.8 Å². The zero-order chi connectivity index (χ0) is 27.0. The molecule has 1 aliphatic rings. The highest BCUT2D eigenvalue weighted by atomic mass is 16.6. The Hall–Kier alpha value is -2.57. The molecule has 0 bridgehead atoms. The number of ether oxygens (including phenoxy) is 1. The van der Waals surface area contributed by atoms with Crippen molar-refractivity contribution in [2.24, 2.45) is 5.92 Å². The van der Waals surface area contributed by atoms with Crippen molar-refractivity contribution in [3.8, 4) is 0 Å². The topological polar surface area (TPSA) is 87.7 Å². The third kappa shape index (κ3) is 8.52. The molecule has 1 saturated carbocycles. The van der Waals surface area contributed by atoms with Gasteiger partial charge in [-0.25, -0.2) is 4.79 Å². The molecule has 1 aromatic carbocycles. The molecule has 0 spiro atoms. The highest BCUT2D eigenvalue weighted by molar-refractivity contribution is 5.93. The van der Waals surface area contributed by atoms with Crippen LogP contribution < -0.4 is 10.6 Å². The zero-order valence-corrected chi connectivity index (χ0v) is 23.6. The Morgan fingerprint density at radius 2 is 1.78 bits per heavy atom. The predicted octanol–water partition coefficient (Wildman–Crippen LogP) is 5.58. The molecule has 3 unspecified atom stereocenters. The molecule has 3 amide bonds. The lowest BCUT2D eigenvalue weighted by Crippen LogP contribution is -2.56. The molecular formula is C29H47N3O4. The molecule has 1 aliphatic carbocycles. The molecule has 3 atom stereocenters. The first-order valence-electron chi connectivity index (χ1n) is 13.6. The fourth-order valence-electron chi connectivity index (χ4n) is 4.38. The van der Waals surface area contributed by atoms with Gasteiger partial charge in [0.25, 0.3) is 0 Å². The number of alkyl carbamates (subject to hydrolysis) is 1. The summed E-state index contributed by atoms with van der Waals surface area (Å²) in [6.07, 6.45) is 4.76. The molecule has 0 aromatic heterocycles. The van der Waals surface area contributed by atoms with Crippen molar-refractivity contribution in [2.75, 3.05) is 6.54 Å². The highest BCUT2D eigenvalue weighted by Gasteiger charge is 2.45. The maximum Gasteiger partial charge on any atom is 0.408 e. The van der Waals surface area contributed by atoms with Crippen LogP contribution in [0.5, 0.6) is 0 Å². The van der Waals surface area contributed by atoms with Crippen LogP contribution in [0.4, 0.5) is 4.79 Å². The van der Waals surface area contributed by atoms with Gasteiger partial charge in [0, 0.05) is 12.6 Å². The molecule has 0 radical (unpaired) electrons. The first-order valence-corrected chi connectivity index (χ1v) is 13.6. The maximum atomic E-state index is 14.2. The van der Waals surface area contributed by atoms with Crippen LogP contribution in [0.3, 0.4) is 0 Å². The standard InChI is InChI=1S/C29H47N3O4/c1-9-11-12-17-30-26(33)25(23-16-13-19(3)18-21(23)5)32(22-14-15-22)27(34)24(20(4)10-2)31-28(35)36-29(6,7)8/h13,16,18,20,22,24-25H,9-12,14-15,17H2,1-8H3,(H,30,33)(H,31,35). The van der Waals surface area contributed by atoms with E-state index in [9.17, 15) is 14.4 Å². The Kier molecular flexibility index (Phi) is 10.8. The molecule has 1 fully saturated rings. The second-order valence-corrected chi connectivity index (χ2v) is 11.2. The number of rotatable bonds is 12.